The van der Waals surface area contributed by atoms with Gasteiger partial charge in [-0.15, -0.1) is 0 Å². The van der Waals surface area contributed by atoms with Crippen LogP contribution in [-0.2, 0) is 38.5 Å². The van der Waals surface area contributed by atoms with Crippen LogP contribution >= 0.6 is 0 Å². The van der Waals surface area contributed by atoms with Crippen LogP contribution in [0.15, 0.2) is 117 Å². The van der Waals surface area contributed by atoms with Gasteiger partial charge in [0.2, 0.25) is 5.60 Å². The largest absolute Gasteiger partial charge is 0.481 e. The summed E-state index contributed by atoms with van der Waals surface area (Å²) in [5.41, 5.74) is 19.4. The number of ether oxygens (including phenoxy) is 1. The number of carbonyl (C=O) groups is 2. The van der Waals surface area contributed by atoms with Crippen molar-refractivity contribution < 1.29 is 64.0 Å². The molecule has 11 rings (SSSR count). The molecule has 0 radical (unpaired) electrons. The molecule has 18 heteroatoms. The highest BCUT2D eigenvalue weighted by Crippen LogP contribution is 2.36. The summed E-state index contributed by atoms with van der Waals surface area (Å²) in [6, 6.07) is 31.2. The van der Waals surface area contributed by atoms with Gasteiger partial charge in [-0.3, -0.25) is 4.79 Å². The fraction of sp³-hybridized carbons (Fsp3) is 0.479. The van der Waals surface area contributed by atoms with E-state index in [-0.39, 0.29) is 36.4 Å². The standard InChI is InChI=1S/C14H15NO5.C14H19NO3.C14H17NO2.2C14H19NO.CH4O/c1-8-3-4-10(5-9(8)2)11-6-14(13(18)19,20-15-11)7-12(16)17;1-10-3-4-12(7-11(10)2)13-8-14(9-17,5-6-16)18-15-13;1-10-3-4-12(7-11(10)2)13-8-14(17-15-13)5-6-16-9-14;2*1-5-14(4)9-13(15-16-14)12-7-6-10(2)11(3)8-12;1-2/h3-5H,6-7H2,1-2H3,(H,16,17)(H,18,19);3-4,7,16-17H,5-6,8-9H2,1-2H3;3-4,7H,5-6,8-9H2,1-2H3;2*6-8H,5,9H2,1-4H3;2H,1H3. The normalized spacial score (nSPS) is 23.3. The number of rotatable bonds is 13. The highest BCUT2D eigenvalue weighted by molar-refractivity contribution is 6.06. The molecule has 0 saturated carbocycles. The van der Waals surface area contributed by atoms with Crippen molar-refractivity contribution >= 4 is 40.5 Å². The summed E-state index contributed by atoms with van der Waals surface area (Å²) in [6.07, 6.45) is 5.86. The molecular weight excluding hydrogens is 1130 g/mol. The third-order valence-electron chi connectivity index (χ3n) is 17.7. The van der Waals surface area contributed by atoms with Gasteiger partial charge in [-0.25, -0.2) is 4.79 Å². The van der Waals surface area contributed by atoms with Gasteiger partial charge in [-0.05, 0) is 210 Å². The number of aliphatic hydroxyl groups excluding tert-OH is 3. The molecule has 6 aliphatic heterocycles. The number of aliphatic hydroxyl groups is 3. The number of aliphatic carboxylic acids is 2. The molecule has 5 aromatic carbocycles. The minimum absolute atomic E-state index is 0.0176. The smallest absolute Gasteiger partial charge is 0.351 e. The van der Waals surface area contributed by atoms with E-state index in [2.05, 4.69) is 176 Å². The molecule has 0 bridgehead atoms. The van der Waals surface area contributed by atoms with Gasteiger partial charge < -0.3 is 54.5 Å². The Morgan fingerprint density at radius 3 is 1.12 bits per heavy atom. The fourth-order valence-corrected chi connectivity index (χ4v) is 10.3. The highest BCUT2D eigenvalue weighted by Gasteiger charge is 2.49. The number of carboxylic acid groups (broad SMARTS) is 2. The van der Waals surface area contributed by atoms with Crippen molar-refractivity contribution in [3.63, 3.8) is 0 Å². The second kappa shape index (κ2) is 30.6. The number of carboxylic acids is 2. The van der Waals surface area contributed by atoms with Gasteiger partial charge in [-0.1, -0.05) is 100 Å². The molecule has 1 spiro atoms. The maximum atomic E-state index is 11.3. The Hall–Kier alpha value is -7.77. The van der Waals surface area contributed by atoms with Crippen molar-refractivity contribution in [3.05, 3.63) is 174 Å². The topological polar surface area (TPSA) is 252 Å². The molecule has 0 amide bonds. The van der Waals surface area contributed by atoms with Gasteiger partial charge >= 0.3 is 11.9 Å². The zero-order valence-corrected chi connectivity index (χ0v) is 54.8. The van der Waals surface area contributed by atoms with Crippen molar-refractivity contribution in [3.8, 4) is 0 Å². The second-order valence-corrected chi connectivity index (χ2v) is 24.8. The lowest BCUT2D eigenvalue weighted by Crippen LogP contribution is -2.41. The predicted octanol–water partition coefficient (Wildman–Crippen LogP) is 12.7. The average molecular weight is 1220 g/mol. The molecule has 5 unspecified atom stereocenters. The number of nitrogens with zero attached hydrogens (tertiary/aromatic N) is 5. The molecule has 1 fully saturated rings. The van der Waals surface area contributed by atoms with Crippen LogP contribution in [0.1, 0.15) is 175 Å². The van der Waals surface area contributed by atoms with E-state index >= 15 is 0 Å². The van der Waals surface area contributed by atoms with E-state index in [4.69, 9.17) is 44.2 Å². The first-order chi connectivity index (χ1) is 42.2. The molecular formula is C71H93N5O13. The molecule has 5 aromatic rings. The SMILES string of the molecule is CCC1(C)CC(c2ccc(C)c(C)c2)=NO1.CCC1(C)CC(c2ccc(C)c(C)c2)=NO1.CO.Cc1ccc(C2=NOC(CC(=O)O)(C(=O)O)C2)cc1C.Cc1ccc(C2=NOC(CO)(CCO)C2)cc1C.Cc1ccc(C2=NOC3(CCOC3)C2)cc1C. The van der Waals surface area contributed by atoms with Crippen LogP contribution in [0.3, 0.4) is 0 Å². The summed E-state index contributed by atoms with van der Waals surface area (Å²) in [5.74, 6) is -2.55. The zero-order valence-electron chi connectivity index (χ0n) is 54.8. The van der Waals surface area contributed by atoms with E-state index in [1.165, 1.54) is 61.2 Å². The van der Waals surface area contributed by atoms with E-state index in [0.29, 0.717) is 25.2 Å². The maximum Gasteiger partial charge on any atom is 0.351 e. The van der Waals surface area contributed by atoms with Crippen LogP contribution < -0.4 is 0 Å². The predicted molar refractivity (Wildman–Crippen MR) is 349 cm³/mol. The highest BCUT2D eigenvalue weighted by atomic mass is 16.7. The fourth-order valence-electron chi connectivity index (χ4n) is 10.3. The Kier molecular flexibility index (Phi) is 24.2. The van der Waals surface area contributed by atoms with Crippen molar-refractivity contribution in [1.29, 1.82) is 0 Å². The maximum absolute atomic E-state index is 11.3. The van der Waals surface area contributed by atoms with Crippen LogP contribution in [0.4, 0.5) is 0 Å². The molecule has 5 atom stereocenters. The number of oxime groups is 5. The Morgan fingerprint density at radius 1 is 0.461 bits per heavy atom. The Bertz CT molecular complexity index is 3390. The van der Waals surface area contributed by atoms with Gasteiger partial charge in [0.15, 0.2) is 11.2 Å². The van der Waals surface area contributed by atoms with E-state index in [0.717, 1.165) is 97.3 Å². The molecule has 89 heavy (non-hydrogen) atoms. The second-order valence-electron chi connectivity index (χ2n) is 24.8. The summed E-state index contributed by atoms with van der Waals surface area (Å²) in [6.45, 7) is 30.6. The molecule has 0 aromatic heterocycles. The van der Waals surface area contributed by atoms with Crippen molar-refractivity contribution in [2.24, 2.45) is 25.8 Å². The van der Waals surface area contributed by atoms with Gasteiger partial charge in [0, 0.05) is 58.7 Å². The monoisotopic (exact) mass is 1220 g/mol. The molecule has 1 saturated heterocycles. The van der Waals surface area contributed by atoms with Crippen LogP contribution in [0.2, 0.25) is 0 Å². The van der Waals surface area contributed by atoms with E-state index < -0.39 is 29.6 Å². The van der Waals surface area contributed by atoms with Crippen molar-refractivity contribution in [2.45, 2.75) is 189 Å². The molecule has 480 valence electrons. The summed E-state index contributed by atoms with van der Waals surface area (Å²) in [4.78, 5) is 49.0. The lowest BCUT2D eigenvalue weighted by molar-refractivity contribution is -0.169. The molecule has 6 heterocycles. The molecule has 5 N–H and O–H groups in total. The van der Waals surface area contributed by atoms with Gasteiger partial charge in [0.1, 0.15) is 11.2 Å². The van der Waals surface area contributed by atoms with Crippen LogP contribution in [0, 0.1) is 69.2 Å². The quantitative estimate of drug-likeness (QED) is 0.0736. The number of aryl methyl sites for hydroxylation is 10. The van der Waals surface area contributed by atoms with Crippen molar-refractivity contribution in [1.82, 2.24) is 0 Å². The number of benzene rings is 5. The van der Waals surface area contributed by atoms with Gasteiger partial charge in [-0.2, -0.15) is 0 Å². The summed E-state index contributed by atoms with van der Waals surface area (Å²) in [7, 11) is 1.00. The van der Waals surface area contributed by atoms with Crippen LogP contribution in [0.25, 0.3) is 0 Å². The van der Waals surface area contributed by atoms with Crippen LogP contribution in [-0.4, -0.2) is 128 Å². The van der Waals surface area contributed by atoms with E-state index in [1.807, 2.05) is 38.1 Å². The lowest BCUT2D eigenvalue weighted by atomic mass is 9.90. The minimum atomic E-state index is -1.81. The minimum Gasteiger partial charge on any atom is -0.481 e. The van der Waals surface area contributed by atoms with E-state index in [1.54, 1.807) is 0 Å². The summed E-state index contributed by atoms with van der Waals surface area (Å²) in [5, 5.41) is 64.0. The average Bonchev–Trinajstić information content (AvgIpc) is 2.23. The number of hydrogen-bond acceptors (Lipinski definition) is 16. The Balaban J connectivity index is 0.000000176. The third-order valence-corrected chi connectivity index (χ3v) is 17.7. The van der Waals surface area contributed by atoms with Gasteiger partial charge in [0.25, 0.3) is 0 Å². The zero-order chi connectivity index (χ0) is 65.5. The third kappa shape index (κ3) is 18.0. The van der Waals surface area contributed by atoms with Gasteiger partial charge in [0.05, 0.1) is 54.8 Å². The summed E-state index contributed by atoms with van der Waals surface area (Å²) < 4.78 is 5.41. The van der Waals surface area contributed by atoms with E-state index in [9.17, 15) is 19.8 Å². The Morgan fingerprint density at radius 2 is 0.809 bits per heavy atom. The molecule has 6 aliphatic rings. The first-order valence-electron chi connectivity index (χ1n) is 30.5. The first kappa shape index (κ1) is 70.3. The van der Waals surface area contributed by atoms with Crippen LogP contribution in [0.5, 0.6) is 0 Å². The Labute approximate surface area is 525 Å². The summed E-state index contributed by atoms with van der Waals surface area (Å²) >= 11 is 0. The first-order valence-corrected chi connectivity index (χ1v) is 30.5. The molecule has 18 nitrogen and oxygen atoms in total. The number of hydrogen-bond donors (Lipinski definition) is 5. The lowest BCUT2D eigenvalue weighted by Gasteiger charge is -2.22. The van der Waals surface area contributed by atoms with Crippen molar-refractivity contribution in [2.75, 3.05) is 33.5 Å². The molecule has 0 aliphatic carbocycles.